The van der Waals surface area contributed by atoms with Crippen LogP contribution in [0.3, 0.4) is 0 Å². The van der Waals surface area contributed by atoms with Crippen LogP contribution in [0.4, 0.5) is 0 Å². The number of morpholine rings is 1. The van der Waals surface area contributed by atoms with Crippen molar-refractivity contribution in [2.75, 3.05) is 52.6 Å². The van der Waals surface area contributed by atoms with Gasteiger partial charge >= 0.3 is 0 Å². The quantitative estimate of drug-likeness (QED) is 0.177. The number of aliphatic hydroxyl groups excluding tert-OH is 1. The third-order valence-electron chi connectivity index (χ3n) is 7.10. The Morgan fingerprint density at radius 2 is 1.82 bits per heavy atom. The molecule has 0 radical (unpaired) electrons. The van der Waals surface area contributed by atoms with Gasteiger partial charge in [0.05, 0.1) is 31.4 Å². The van der Waals surface area contributed by atoms with E-state index in [9.17, 15) is 14.7 Å². The number of ketones is 1. The van der Waals surface area contributed by atoms with Crippen LogP contribution in [-0.4, -0.2) is 79.2 Å². The second kappa shape index (κ2) is 13.6. The van der Waals surface area contributed by atoms with Gasteiger partial charge in [0.2, 0.25) is 0 Å². The third kappa shape index (κ3) is 6.92. The van der Waals surface area contributed by atoms with Gasteiger partial charge in [0.25, 0.3) is 11.7 Å². The fourth-order valence-corrected chi connectivity index (χ4v) is 5.02. The molecule has 2 aromatic rings. The molecule has 8 heteroatoms. The number of benzene rings is 2. The van der Waals surface area contributed by atoms with E-state index in [2.05, 4.69) is 25.3 Å². The molecule has 8 nitrogen and oxygen atoms in total. The van der Waals surface area contributed by atoms with Gasteiger partial charge in [-0.25, -0.2) is 0 Å². The summed E-state index contributed by atoms with van der Waals surface area (Å²) in [4.78, 5) is 30.6. The molecule has 0 bridgehead atoms. The summed E-state index contributed by atoms with van der Waals surface area (Å²) in [6.07, 6.45) is 2.36. The summed E-state index contributed by atoms with van der Waals surface area (Å²) in [5.41, 5.74) is 2.12. The average Bonchev–Trinajstić information content (AvgIpc) is 3.21. The lowest BCUT2D eigenvalue weighted by atomic mass is 9.94. The fraction of sp³-hybridized carbons (Fsp3) is 0.438. The summed E-state index contributed by atoms with van der Waals surface area (Å²) >= 11 is 0. The Kier molecular flexibility index (Phi) is 10.0. The first-order chi connectivity index (χ1) is 19.3. The Balaban J connectivity index is 1.66. The van der Waals surface area contributed by atoms with Gasteiger partial charge in [0.15, 0.2) is 0 Å². The summed E-state index contributed by atoms with van der Waals surface area (Å²) in [7, 11) is 0. The first-order valence-electron chi connectivity index (χ1n) is 14.0. The van der Waals surface area contributed by atoms with E-state index in [1.807, 2.05) is 19.1 Å². The molecule has 2 aliphatic rings. The predicted octanol–water partition coefficient (Wildman–Crippen LogP) is 4.74. The van der Waals surface area contributed by atoms with E-state index in [1.165, 1.54) is 0 Å². The molecule has 214 valence electrons. The van der Waals surface area contributed by atoms with Crippen molar-refractivity contribution in [3.05, 3.63) is 77.4 Å². The number of hydrogen-bond acceptors (Lipinski definition) is 7. The molecule has 1 amide bonds. The molecule has 0 saturated carbocycles. The van der Waals surface area contributed by atoms with Crippen molar-refractivity contribution >= 4 is 17.4 Å². The van der Waals surface area contributed by atoms with Gasteiger partial charge < -0.3 is 24.2 Å². The molecule has 0 spiro atoms. The largest absolute Gasteiger partial charge is 0.507 e. The van der Waals surface area contributed by atoms with Crippen LogP contribution in [0, 0.1) is 12.8 Å². The van der Waals surface area contributed by atoms with Gasteiger partial charge in [-0.2, -0.15) is 0 Å². The molecule has 4 rings (SSSR count). The zero-order valence-electron chi connectivity index (χ0n) is 23.7. The van der Waals surface area contributed by atoms with E-state index in [4.69, 9.17) is 14.2 Å². The Hall–Kier alpha value is -3.62. The monoisotopic (exact) mass is 548 g/mol. The highest BCUT2D eigenvalue weighted by Gasteiger charge is 2.45. The third-order valence-corrected chi connectivity index (χ3v) is 7.10. The Labute approximate surface area is 236 Å². The molecular weight excluding hydrogens is 508 g/mol. The maximum Gasteiger partial charge on any atom is 0.295 e. The molecule has 2 aliphatic heterocycles. The van der Waals surface area contributed by atoms with Crippen molar-refractivity contribution < 1.29 is 28.9 Å². The molecule has 2 heterocycles. The van der Waals surface area contributed by atoms with Crippen LogP contribution in [0.25, 0.3) is 5.76 Å². The number of rotatable bonds is 12. The van der Waals surface area contributed by atoms with Crippen molar-refractivity contribution in [3.8, 4) is 11.5 Å². The molecule has 1 unspecified atom stereocenters. The summed E-state index contributed by atoms with van der Waals surface area (Å²) in [6, 6.07) is 11.9. The van der Waals surface area contributed by atoms with Crippen molar-refractivity contribution in [2.45, 2.75) is 33.2 Å². The number of aliphatic hydroxyl groups is 1. The van der Waals surface area contributed by atoms with Crippen molar-refractivity contribution in [2.24, 2.45) is 5.92 Å². The number of aryl methyl sites for hydroxylation is 1. The Morgan fingerprint density at radius 1 is 1.10 bits per heavy atom. The molecule has 1 N–H and O–H groups in total. The zero-order chi connectivity index (χ0) is 28.6. The van der Waals surface area contributed by atoms with E-state index in [1.54, 1.807) is 41.3 Å². The highest BCUT2D eigenvalue weighted by atomic mass is 16.5. The summed E-state index contributed by atoms with van der Waals surface area (Å²) in [5.74, 6) is 0.276. The molecule has 2 fully saturated rings. The Bertz CT molecular complexity index is 1230. The first kappa shape index (κ1) is 29.4. The van der Waals surface area contributed by atoms with Crippen LogP contribution in [-0.2, 0) is 14.3 Å². The minimum absolute atomic E-state index is 0.0892. The highest BCUT2D eigenvalue weighted by molar-refractivity contribution is 6.46. The molecule has 2 aromatic carbocycles. The summed E-state index contributed by atoms with van der Waals surface area (Å²) < 4.78 is 16.9. The fourth-order valence-electron chi connectivity index (χ4n) is 5.02. The topological polar surface area (TPSA) is 88.5 Å². The summed E-state index contributed by atoms with van der Waals surface area (Å²) in [6.45, 7) is 15.0. The smallest absolute Gasteiger partial charge is 0.295 e. The average molecular weight is 549 g/mol. The molecule has 40 heavy (non-hydrogen) atoms. The molecule has 1 atom stereocenters. The standard InChI is InChI=1S/C32H40N2O6/c1-5-17-39-26-10-7-24(8-11-26)29-28(30(35)25-9-12-27(23(4)20-25)40-21-22(2)3)31(36)32(37)34(29)14-6-13-33-15-18-38-19-16-33/h5,7-12,20,22,29,35H,1,6,13-19,21H2,2-4H3/b30-28+. The van der Waals surface area contributed by atoms with Gasteiger partial charge in [0, 0.05) is 31.7 Å². The van der Waals surface area contributed by atoms with E-state index < -0.39 is 17.7 Å². The Morgan fingerprint density at radius 3 is 2.48 bits per heavy atom. The predicted molar refractivity (Wildman–Crippen MR) is 155 cm³/mol. The van der Waals surface area contributed by atoms with Crippen LogP contribution in [0.2, 0.25) is 0 Å². The SMILES string of the molecule is C=CCOc1ccc(C2/C(=C(\O)c3ccc(OCC(C)C)c(C)c3)C(=O)C(=O)N2CCCN2CCOCC2)cc1. The number of nitrogens with zero attached hydrogens (tertiary/aromatic N) is 2. The minimum atomic E-state index is -0.713. The zero-order valence-corrected chi connectivity index (χ0v) is 23.7. The van der Waals surface area contributed by atoms with Crippen LogP contribution in [0.1, 0.15) is 43.0 Å². The number of likely N-dealkylation sites (tertiary alicyclic amines) is 1. The molecule has 0 aliphatic carbocycles. The van der Waals surface area contributed by atoms with Gasteiger partial charge in [-0.05, 0) is 60.7 Å². The number of ether oxygens (including phenoxy) is 3. The molecular formula is C32H40N2O6. The number of carbonyl (C=O) groups excluding carboxylic acids is 2. The molecule has 2 saturated heterocycles. The highest BCUT2D eigenvalue weighted by Crippen LogP contribution is 2.40. The molecule has 0 aromatic heterocycles. The van der Waals surface area contributed by atoms with Gasteiger partial charge in [-0.15, -0.1) is 0 Å². The van der Waals surface area contributed by atoms with Gasteiger partial charge in [0.1, 0.15) is 23.9 Å². The maximum atomic E-state index is 13.4. The van der Waals surface area contributed by atoms with Crippen molar-refractivity contribution in [3.63, 3.8) is 0 Å². The summed E-state index contributed by atoms with van der Waals surface area (Å²) in [5, 5.41) is 11.5. The van der Waals surface area contributed by atoms with Gasteiger partial charge in [-0.1, -0.05) is 38.6 Å². The van der Waals surface area contributed by atoms with Crippen LogP contribution in [0.15, 0.2) is 60.7 Å². The lowest BCUT2D eigenvalue weighted by molar-refractivity contribution is -0.140. The van der Waals surface area contributed by atoms with E-state index >= 15 is 0 Å². The number of amides is 1. The van der Waals surface area contributed by atoms with E-state index in [0.717, 1.165) is 36.5 Å². The number of hydrogen-bond donors (Lipinski definition) is 1. The van der Waals surface area contributed by atoms with Crippen LogP contribution < -0.4 is 9.47 Å². The lowest BCUT2D eigenvalue weighted by Gasteiger charge is -2.29. The maximum absolute atomic E-state index is 13.4. The number of carbonyl (C=O) groups is 2. The van der Waals surface area contributed by atoms with Gasteiger partial charge in [-0.3, -0.25) is 14.5 Å². The minimum Gasteiger partial charge on any atom is -0.507 e. The number of Topliss-reactive ketones (excluding diaryl/α,β-unsaturated/α-hetero) is 1. The second-order valence-corrected chi connectivity index (χ2v) is 10.7. The van der Waals surface area contributed by atoms with Crippen LogP contribution in [0.5, 0.6) is 11.5 Å². The lowest BCUT2D eigenvalue weighted by Crippen LogP contribution is -2.38. The van der Waals surface area contributed by atoms with Crippen molar-refractivity contribution in [1.82, 2.24) is 9.80 Å². The van der Waals surface area contributed by atoms with E-state index in [0.29, 0.717) is 56.6 Å². The second-order valence-electron chi connectivity index (χ2n) is 10.7. The van der Waals surface area contributed by atoms with Crippen LogP contribution >= 0.6 is 0 Å². The van der Waals surface area contributed by atoms with E-state index in [-0.39, 0.29) is 11.3 Å². The normalized spacial score (nSPS) is 19.3. The van der Waals surface area contributed by atoms with Crippen molar-refractivity contribution in [1.29, 1.82) is 0 Å². The first-order valence-corrected chi connectivity index (χ1v) is 14.0.